The number of hydrogen-bond donors (Lipinski definition) is 1. The minimum atomic E-state index is -0.0827. The fourth-order valence-corrected chi connectivity index (χ4v) is 2.59. The Balaban J connectivity index is 1.75. The highest BCUT2D eigenvalue weighted by Crippen LogP contribution is 2.19. The topological polar surface area (TPSA) is 41.6 Å². The second-order valence-corrected chi connectivity index (χ2v) is 5.47. The molecule has 1 aliphatic heterocycles. The minimum Gasteiger partial charge on any atom is -0.378 e. The average Bonchev–Trinajstić information content (AvgIpc) is 2.56. The Kier molecular flexibility index (Phi) is 4.39. The van der Waals surface area contributed by atoms with E-state index in [0.29, 0.717) is 5.56 Å². The van der Waals surface area contributed by atoms with Crippen molar-refractivity contribution >= 4 is 17.3 Å². The number of rotatable bonds is 3. The summed E-state index contributed by atoms with van der Waals surface area (Å²) in [5.41, 5.74) is 3.69. The van der Waals surface area contributed by atoms with Crippen LogP contribution in [0.25, 0.3) is 0 Å². The van der Waals surface area contributed by atoms with Crippen LogP contribution in [0, 0.1) is 6.92 Å². The summed E-state index contributed by atoms with van der Waals surface area (Å²) in [5, 5.41) is 2.95. The normalized spacial score (nSPS) is 14.7. The molecule has 0 radical (unpaired) electrons. The van der Waals surface area contributed by atoms with Crippen LogP contribution in [0.15, 0.2) is 48.5 Å². The predicted octanol–water partition coefficient (Wildman–Crippen LogP) is 3.08. The second kappa shape index (κ2) is 6.62. The molecule has 0 bridgehead atoms. The van der Waals surface area contributed by atoms with Crippen molar-refractivity contribution < 1.29 is 9.53 Å². The molecule has 3 rings (SSSR count). The zero-order chi connectivity index (χ0) is 15.4. The molecule has 1 aliphatic rings. The molecule has 2 aromatic rings. The molecular weight excluding hydrogens is 276 g/mol. The third-order valence-corrected chi connectivity index (χ3v) is 3.76. The van der Waals surface area contributed by atoms with Crippen LogP contribution in [0.3, 0.4) is 0 Å². The van der Waals surface area contributed by atoms with Crippen LogP contribution >= 0.6 is 0 Å². The lowest BCUT2D eigenvalue weighted by Crippen LogP contribution is -2.36. The summed E-state index contributed by atoms with van der Waals surface area (Å²) in [4.78, 5) is 14.6. The van der Waals surface area contributed by atoms with Crippen LogP contribution in [0.1, 0.15) is 15.9 Å². The van der Waals surface area contributed by atoms with Crippen molar-refractivity contribution in [1.82, 2.24) is 0 Å². The first-order chi connectivity index (χ1) is 10.7. The molecule has 0 spiro atoms. The molecule has 0 saturated carbocycles. The monoisotopic (exact) mass is 296 g/mol. The number of carbonyl (C=O) groups excluding carboxylic acids is 1. The molecular formula is C18H20N2O2. The molecule has 4 nitrogen and oxygen atoms in total. The van der Waals surface area contributed by atoms with E-state index in [1.807, 2.05) is 55.5 Å². The van der Waals surface area contributed by atoms with E-state index in [1.165, 1.54) is 0 Å². The van der Waals surface area contributed by atoms with E-state index in [1.54, 1.807) is 0 Å². The van der Waals surface area contributed by atoms with E-state index in [9.17, 15) is 4.79 Å². The van der Waals surface area contributed by atoms with Crippen LogP contribution in [0.2, 0.25) is 0 Å². The van der Waals surface area contributed by atoms with Crippen molar-refractivity contribution in [1.29, 1.82) is 0 Å². The van der Waals surface area contributed by atoms with Gasteiger partial charge in [-0.05, 0) is 42.8 Å². The fourth-order valence-electron chi connectivity index (χ4n) is 2.59. The van der Waals surface area contributed by atoms with Gasteiger partial charge in [-0.1, -0.05) is 18.2 Å². The molecule has 1 amide bonds. The predicted molar refractivity (Wildman–Crippen MR) is 88.6 cm³/mol. The molecule has 1 N–H and O–H groups in total. The maximum Gasteiger partial charge on any atom is 0.255 e. The van der Waals surface area contributed by atoms with Gasteiger partial charge in [0.05, 0.1) is 13.2 Å². The van der Waals surface area contributed by atoms with E-state index in [-0.39, 0.29) is 5.91 Å². The first-order valence-corrected chi connectivity index (χ1v) is 7.53. The van der Waals surface area contributed by atoms with Crippen LogP contribution in [0.5, 0.6) is 0 Å². The van der Waals surface area contributed by atoms with E-state index >= 15 is 0 Å². The summed E-state index contributed by atoms with van der Waals surface area (Å²) < 4.78 is 5.37. The highest BCUT2D eigenvalue weighted by molar-refractivity contribution is 6.04. The third-order valence-electron chi connectivity index (χ3n) is 3.76. The summed E-state index contributed by atoms with van der Waals surface area (Å²) in [6.45, 7) is 5.21. The van der Waals surface area contributed by atoms with Crippen molar-refractivity contribution in [2.45, 2.75) is 6.92 Å². The summed E-state index contributed by atoms with van der Waals surface area (Å²) in [5.74, 6) is -0.0827. The van der Waals surface area contributed by atoms with Gasteiger partial charge in [-0.3, -0.25) is 4.79 Å². The molecule has 114 valence electrons. The van der Waals surface area contributed by atoms with Crippen molar-refractivity contribution in [3.63, 3.8) is 0 Å². The van der Waals surface area contributed by atoms with E-state index in [2.05, 4.69) is 10.2 Å². The molecule has 0 unspecified atom stereocenters. The van der Waals surface area contributed by atoms with E-state index < -0.39 is 0 Å². The molecule has 1 saturated heterocycles. The van der Waals surface area contributed by atoms with Crippen molar-refractivity contribution in [2.75, 3.05) is 36.5 Å². The van der Waals surface area contributed by atoms with E-state index in [4.69, 9.17) is 4.74 Å². The number of nitrogens with zero attached hydrogens (tertiary/aromatic N) is 1. The van der Waals surface area contributed by atoms with Crippen molar-refractivity contribution in [3.8, 4) is 0 Å². The Labute approximate surface area is 130 Å². The molecule has 1 fully saturated rings. The number of amides is 1. The largest absolute Gasteiger partial charge is 0.378 e. The molecule has 2 aromatic carbocycles. The van der Waals surface area contributed by atoms with Crippen molar-refractivity contribution in [2.24, 2.45) is 0 Å². The maximum atomic E-state index is 12.4. The molecule has 22 heavy (non-hydrogen) atoms. The minimum absolute atomic E-state index is 0.0827. The number of ether oxygens (including phenoxy) is 1. The summed E-state index contributed by atoms with van der Waals surface area (Å²) in [6, 6.07) is 15.6. The number of anilines is 2. The first kappa shape index (κ1) is 14.6. The highest BCUT2D eigenvalue weighted by Gasteiger charge is 2.13. The first-order valence-electron chi connectivity index (χ1n) is 7.53. The van der Waals surface area contributed by atoms with Gasteiger partial charge in [-0.15, -0.1) is 0 Å². The zero-order valence-corrected chi connectivity index (χ0v) is 12.7. The van der Waals surface area contributed by atoms with Gasteiger partial charge in [0, 0.05) is 30.0 Å². The lowest BCUT2D eigenvalue weighted by molar-refractivity contribution is 0.102. The summed E-state index contributed by atoms with van der Waals surface area (Å²) in [6.07, 6.45) is 0. The maximum absolute atomic E-state index is 12.4. The Hall–Kier alpha value is -2.33. The van der Waals surface area contributed by atoms with Crippen LogP contribution in [0.4, 0.5) is 11.4 Å². The van der Waals surface area contributed by atoms with Gasteiger partial charge in [0.25, 0.3) is 5.91 Å². The number of carbonyl (C=O) groups is 1. The quantitative estimate of drug-likeness (QED) is 0.946. The van der Waals surface area contributed by atoms with Crippen LogP contribution < -0.4 is 10.2 Å². The Morgan fingerprint density at radius 2 is 1.86 bits per heavy atom. The number of benzene rings is 2. The lowest BCUT2D eigenvalue weighted by Gasteiger charge is -2.29. The standard InChI is InChI=1S/C18H20N2O2/c1-14-4-2-6-16(12-14)19-18(21)15-5-3-7-17(13-15)20-8-10-22-11-9-20/h2-7,12-13H,8-11H2,1H3,(H,19,21). The van der Waals surface area contributed by atoms with Gasteiger partial charge in [0.15, 0.2) is 0 Å². The molecule has 0 aliphatic carbocycles. The van der Waals surface area contributed by atoms with Gasteiger partial charge in [0.2, 0.25) is 0 Å². The molecule has 1 heterocycles. The van der Waals surface area contributed by atoms with Gasteiger partial charge in [-0.2, -0.15) is 0 Å². The molecule has 0 aromatic heterocycles. The fraction of sp³-hybridized carbons (Fsp3) is 0.278. The number of morpholine rings is 1. The molecule has 4 heteroatoms. The summed E-state index contributed by atoms with van der Waals surface area (Å²) >= 11 is 0. The second-order valence-electron chi connectivity index (χ2n) is 5.47. The number of aryl methyl sites for hydroxylation is 1. The highest BCUT2D eigenvalue weighted by atomic mass is 16.5. The SMILES string of the molecule is Cc1cccc(NC(=O)c2cccc(N3CCOCC3)c2)c1. The van der Waals surface area contributed by atoms with E-state index in [0.717, 1.165) is 43.2 Å². The zero-order valence-electron chi connectivity index (χ0n) is 12.7. The smallest absolute Gasteiger partial charge is 0.255 e. The molecule has 0 atom stereocenters. The van der Waals surface area contributed by atoms with Crippen LogP contribution in [-0.2, 0) is 4.74 Å². The summed E-state index contributed by atoms with van der Waals surface area (Å²) in [7, 11) is 0. The third kappa shape index (κ3) is 3.46. The number of nitrogens with one attached hydrogen (secondary N) is 1. The van der Waals surface area contributed by atoms with Crippen LogP contribution in [-0.4, -0.2) is 32.2 Å². The Morgan fingerprint density at radius 1 is 1.09 bits per heavy atom. The Bertz CT molecular complexity index is 664. The van der Waals surface area contributed by atoms with Gasteiger partial charge in [-0.25, -0.2) is 0 Å². The van der Waals surface area contributed by atoms with Crippen molar-refractivity contribution in [3.05, 3.63) is 59.7 Å². The lowest BCUT2D eigenvalue weighted by atomic mass is 10.1. The van der Waals surface area contributed by atoms with Gasteiger partial charge >= 0.3 is 0 Å². The van der Waals surface area contributed by atoms with Gasteiger partial charge in [0.1, 0.15) is 0 Å². The van der Waals surface area contributed by atoms with Gasteiger partial charge < -0.3 is 15.0 Å². The Morgan fingerprint density at radius 3 is 2.64 bits per heavy atom. The number of hydrogen-bond acceptors (Lipinski definition) is 3. The average molecular weight is 296 g/mol.